The molecule has 7 heteroatoms. The van der Waals surface area contributed by atoms with Gasteiger partial charge in [0.25, 0.3) is 11.8 Å². The van der Waals surface area contributed by atoms with Crippen LogP contribution >= 0.6 is 0 Å². The van der Waals surface area contributed by atoms with Crippen molar-refractivity contribution in [1.29, 1.82) is 0 Å². The standard InChI is InChI=1S/C18H17NO6/c20-8-9-25-12-5-6-13-14(10-12)18(24)19(17(13)23)15-7-4-11(21)2-1-3-16(15)22/h5-6,8,10,15H,1-4,7,9H2. The molecule has 25 heavy (non-hydrogen) atoms. The van der Waals surface area contributed by atoms with Gasteiger partial charge in [0.15, 0.2) is 12.1 Å². The number of carbonyl (C=O) groups excluding carboxylic acids is 5. The smallest absolute Gasteiger partial charge is 0.262 e. The highest BCUT2D eigenvalue weighted by Crippen LogP contribution is 2.30. The van der Waals surface area contributed by atoms with E-state index in [1.54, 1.807) is 0 Å². The quantitative estimate of drug-likeness (QED) is 0.604. The minimum Gasteiger partial charge on any atom is -0.486 e. The summed E-state index contributed by atoms with van der Waals surface area (Å²) < 4.78 is 5.15. The Balaban J connectivity index is 1.88. The summed E-state index contributed by atoms with van der Waals surface area (Å²) in [5.74, 6) is -0.956. The summed E-state index contributed by atoms with van der Waals surface area (Å²) in [6.45, 7) is -0.159. The van der Waals surface area contributed by atoms with E-state index in [1.165, 1.54) is 18.2 Å². The summed E-state index contributed by atoms with van der Waals surface area (Å²) in [6, 6.07) is 3.45. The van der Waals surface area contributed by atoms with E-state index in [2.05, 4.69) is 0 Å². The SMILES string of the molecule is O=CCOc1ccc2c(c1)C(=O)N(C1CCC(=O)CCCC1=O)C2=O. The normalized spacial score (nSPS) is 21.0. The highest BCUT2D eigenvalue weighted by atomic mass is 16.5. The Hall–Kier alpha value is -2.83. The number of imide groups is 1. The van der Waals surface area contributed by atoms with Crippen molar-refractivity contribution in [3.05, 3.63) is 29.3 Å². The lowest BCUT2D eigenvalue weighted by Gasteiger charge is -2.26. The summed E-state index contributed by atoms with van der Waals surface area (Å²) in [7, 11) is 0. The Morgan fingerprint density at radius 2 is 1.80 bits per heavy atom. The molecule has 0 spiro atoms. The molecule has 2 aliphatic rings. The lowest BCUT2D eigenvalue weighted by molar-refractivity contribution is -0.126. The maximum atomic E-state index is 12.7. The number of carbonyl (C=O) groups is 5. The number of rotatable bonds is 4. The van der Waals surface area contributed by atoms with E-state index in [4.69, 9.17) is 4.74 Å². The molecule has 0 aromatic heterocycles. The largest absolute Gasteiger partial charge is 0.486 e. The fraction of sp³-hybridized carbons (Fsp3) is 0.389. The first-order chi connectivity index (χ1) is 12.0. The van der Waals surface area contributed by atoms with Crippen LogP contribution < -0.4 is 4.74 Å². The molecule has 0 radical (unpaired) electrons. The topological polar surface area (TPSA) is 97.8 Å². The van der Waals surface area contributed by atoms with Crippen molar-refractivity contribution in [3.8, 4) is 5.75 Å². The zero-order chi connectivity index (χ0) is 18.0. The van der Waals surface area contributed by atoms with Crippen LogP contribution in [-0.4, -0.2) is 47.2 Å². The summed E-state index contributed by atoms with van der Waals surface area (Å²) in [5.41, 5.74) is 0.347. The molecular formula is C18H17NO6. The highest BCUT2D eigenvalue weighted by molar-refractivity contribution is 6.23. The molecular weight excluding hydrogens is 326 g/mol. The number of hydrogen-bond donors (Lipinski definition) is 0. The fourth-order valence-electron chi connectivity index (χ4n) is 3.22. The van der Waals surface area contributed by atoms with Crippen molar-refractivity contribution in [3.63, 3.8) is 0 Å². The van der Waals surface area contributed by atoms with Crippen molar-refractivity contribution < 1.29 is 28.7 Å². The fourth-order valence-corrected chi connectivity index (χ4v) is 3.22. The first-order valence-electron chi connectivity index (χ1n) is 8.15. The monoisotopic (exact) mass is 343 g/mol. The first-order valence-corrected chi connectivity index (χ1v) is 8.15. The van der Waals surface area contributed by atoms with E-state index in [-0.39, 0.29) is 48.6 Å². The molecule has 1 saturated carbocycles. The number of nitrogens with zero attached hydrogens (tertiary/aromatic N) is 1. The third kappa shape index (κ3) is 3.22. The molecule has 1 aromatic carbocycles. The van der Waals surface area contributed by atoms with E-state index in [9.17, 15) is 24.0 Å². The molecule has 7 nitrogen and oxygen atoms in total. The number of ketones is 2. The Morgan fingerprint density at radius 1 is 1.04 bits per heavy atom. The van der Waals surface area contributed by atoms with Crippen LogP contribution in [0.4, 0.5) is 0 Å². The molecule has 0 N–H and O–H groups in total. The number of fused-ring (bicyclic) bond motifs is 1. The molecule has 1 aromatic rings. The Labute approximate surface area is 143 Å². The summed E-state index contributed by atoms with van der Waals surface area (Å²) >= 11 is 0. The molecule has 1 aliphatic carbocycles. The first kappa shape index (κ1) is 17.0. The molecule has 0 saturated heterocycles. The summed E-state index contributed by atoms with van der Waals surface area (Å²) in [5, 5.41) is 0. The van der Waals surface area contributed by atoms with E-state index in [0.29, 0.717) is 24.9 Å². The van der Waals surface area contributed by atoms with Gasteiger partial charge in [0.1, 0.15) is 18.1 Å². The molecule has 1 fully saturated rings. The minimum absolute atomic E-state index is 0.0404. The van der Waals surface area contributed by atoms with Gasteiger partial charge >= 0.3 is 0 Å². The van der Waals surface area contributed by atoms with Gasteiger partial charge in [0.2, 0.25) is 0 Å². The minimum atomic E-state index is -0.906. The third-order valence-corrected chi connectivity index (χ3v) is 4.47. The van der Waals surface area contributed by atoms with Gasteiger partial charge in [-0.25, -0.2) is 0 Å². The average molecular weight is 343 g/mol. The Morgan fingerprint density at radius 3 is 2.56 bits per heavy atom. The van der Waals surface area contributed by atoms with Gasteiger partial charge in [0.05, 0.1) is 17.2 Å². The van der Waals surface area contributed by atoms with Crippen molar-refractivity contribution in [1.82, 2.24) is 4.90 Å². The molecule has 1 unspecified atom stereocenters. The van der Waals surface area contributed by atoms with Crippen LogP contribution in [0.25, 0.3) is 0 Å². The Kier molecular flexibility index (Phi) is 4.74. The van der Waals surface area contributed by atoms with Crippen molar-refractivity contribution in [2.24, 2.45) is 0 Å². The van der Waals surface area contributed by atoms with E-state index < -0.39 is 17.9 Å². The summed E-state index contributed by atoms with van der Waals surface area (Å²) in [4.78, 5) is 60.8. The van der Waals surface area contributed by atoms with Gasteiger partial charge in [-0.3, -0.25) is 28.9 Å². The van der Waals surface area contributed by atoms with Crippen LogP contribution in [0.1, 0.15) is 52.8 Å². The maximum absolute atomic E-state index is 12.7. The van der Waals surface area contributed by atoms with Gasteiger partial charge < -0.3 is 4.74 Å². The van der Waals surface area contributed by atoms with Crippen LogP contribution in [0.5, 0.6) is 5.75 Å². The molecule has 1 atom stereocenters. The number of ether oxygens (including phenoxy) is 1. The van der Waals surface area contributed by atoms with Gasteiger partial charge in [0, 0.05) is 19.3 Å². The summed E-state index contributed by atoms with van der Waals surface area (Å²) in [6.07, 6.45) is 1.91. The number of benzene rings is 1. The van der Waals surface area contributed by atoms with Gasteiger partial charge in [-0.05, 0) is 31.0 Å². The van der Waals surface area contributed by atoms with Crippen LogP contribution in [0.2, 0.25) is 0 Å². The number of hydrogen-bond acceptors (Lipinski definition) is 6. The molecule has 0 bridgehead atoms. The van der Waals surface area contributed by atoms with Gasteiger partial charge in [-0.2, -0.15) is 0 Å². The van der Waals surface area contributed by atoms with Gasteiger partial charge in [-0.1, -0.05) is 0 Å². The molecule has 1 heterocycles. The molecule has 1 aliphatic heterocycles. The number of Topliss-reactive ketones (excluding diaryl/α,β-unsaturated/α-hetero) is 2. The Bertz CT molecular complexity index is 769. The third-order valence-electron chi connectivity index (χ3n) is 4.47. The number of amides is 2. The molecule has 2 amide bonds. The predicted octanol–water partition coefficient (Wildman–Crippen LogP) is 1.33. The van der Waals surface area contributed by atoms with E-state index >= 15 is 0 Å². The van der Waals surface area contributed by atoms with Crippen LogP contribution in [0.3, 0.4) is 0 Å². The van der Waals surface area contributed by atoms with Crippen LogP contribution in [0, 0.1) is 0 Å². The van der Waals surface area contributed by atoms with Crippen molar-refractivity contribution >= 4 is 29.7 Å². The average Bonchev–Trinajstić information content (AvgIpc) is 2.83. The second-order valence-electron chi connectivity index (χ2n) is 6.08. The highest BCUT2D eigenvalue weighted by Gasteiger charge is 2.43. The van der Waals surface area contributed by atoms with Crippen molar-refractivity contribution in [2.75, 3.05) is 6.61 Å². The lowest BCUT2D eigenvalue weighted by Crippen LogP contribution is -2.45. The number of aldehydes is 1. The maximum Gasteiger partial charge on any atom is 0.262 e. The zero-order valence-corrected chi connectivity index (χ0v) is 13.5. The van der Waals surface area contributed by atoms with Crippen LogP contribution in [-0.2, 0) is 14.4 Å². The second-order valence-corrected chi connectivity index (χ2v) is 6.08. The van der Waals surface area contributed by atoms with E-state index in [0.717, 1.165) is 4.90 Å². The predicted molar refractivity (Wildman–Crippen MR) is 85.4 cm³/mol. The van der Waals surface area contributed by atoms with Gasteiger partial charge in [-0.15, -0.1) is 0 Å². The van der Waals surface area contributed by atoms with E-state index in [1.807, 2.05) is 0 Å². The zero-order valence-electron chi connectivity index (χ0n) is 13.5. The molecule has 130 valence electrons. The second kappa shape index (κ2) is 6.96. The lowest BCUT2D eigenvalue weighted by atomic mass is 9.94. The molecule has 3 rings (SSSR count). The van der Waals surface area contributed by atoms with Crippen molar-refractivity contribution in [2.45, 2.75) is 38.1 Å². The van der Waals surface area contributed by atoms with Crippen LogP contribution in [0.15, 0.2) is 18.2 Å².